The summed E-state index contributed by atoms with van der Waals surface area (Å²) < 4.78 is 25.9. The summed E-state index contributed by atoms with van der Waals surface area (Å²) in [6, 6.07) is 8.18. The van der Waals surface area contributed by atoms with Gasteiger partial charge in [-0.1, -0.05) is 18.2 Å². The Morgan fingerprint density at radius 3 is 2.56 bits per heavy atom. The fourth-order valence-electron chi connectivity index (χ4n) is 3.70. The van der Waals surface area contributed by atoms with Gasteiger partial charge in [-0.05, 0) is 31.4 Å². The van der Waals surface area contributed by atoms with Gasteiger partial charge in [0.2, 0.25) is 10.0 Å². The molecule has 0 unspecified atom stereocenters. The van der Waals surface area contributed by atoms with E-state index in [0.29, 0.717) is 25.1 Å². The second-order valence-corrected chi connectivity index (χ2v) is 8.93. The van der Waals surface area contributed by atoms with E-state index in [9.17, 15) is 18.0 Å². The third-order valence-electron chi connectivity index (χ3n) is 5.09. The van der Waals surface area contributed by atoms with Crippen LogP contribution in [0.1, 0.15) is 29.6 Å². The predicted octanol–water partition coefficient (Wildman–Crippen LogP) is 0.194. The summed E-state index contributed by atoms with van der Waals surface area (Å²) in [6.45, 7) is 0.836. The van der Waals surface area contributed by atoms with Crippen LogP contribution in [0.15, 0.2) is 30.3 Å². The summed E-state index contributed by atoms with van der Waals surface area (Å²) in [5.74, 6) is -0.524. The van der Waals surface area contributed by atoms with Crippen LogP contribution in [0, 0.1) is 0 Å². The van der Waals surface area contributed by atoms with Gasteiger partial charge < -0.3 is 5.32 Å². The zero-order chi connectivity index (χ0) is 17.6. The van der Waals surface area contributed by atoms with Crippen molar-refractivity contribution >= 4 is 21.8 Å². The maximum atomic E-state index is 12.8. The van der Waals surface area contributed by atoms with Crippen LogP contribution in [0.4, 0.5) is 0 Å². The Bertz CT molecular complexity index is 791. The smallest absolute Gasteiger partial charge is 0.253 e. The van der Waals surface area contributed by atoms with Crippen LogP contribution in [0.2, 0.25) is 0 Å². The molecule has 134 valence electrons. The first kappa shape index (κ1) is 16.5. The van der Waals surface area contributed by atoms with Crippen molar-refractivity contribution in [2.45, 2.75) is 37.4 Å². The Balaban J connectivity index is 1.48. The van der Waals surface area contributed by atoms with E-state index in [1.165, 1.54) is 0 Å². The number of benzene rings is 1. The summed E-state index contributed by atoms with van der Waals surface area (Å²) in [6.07, 6.45) is 1.97. The van der Waals surface area contributed by atoms with Crippen LogP contribution >= 0.6 is 0 Å². The summed E-state index contributed by atoms with van der Waals surface area (Å²) in [5.41, 5.74) is 0.582. The minimum absolute atomic E-state index is 0.0366. The molecule has 1 saturated carbocycles. The number of nitrogens with one attached hydrogen (secondary N) is 1. The van der Waals surface area contributed by atoms with Crippen molar-refractivity contribution in [1.82, 2.24) is 14.5 Å². The number of fused-ring (bicyclic) bond motifs is 1. The first-order valence-corrected chi connectivity index (χ1v) is 10.2. The van der Waals surface area contributed by atoms with Gasteiger partial charge >= 0.3 is 0 Å². The molecule has 1 aromatic carbocycles. The molecule has 3 aliphatic rings. The molecule has 0 spiro atoms. The number of hydrogen-bond acceptors (Lipinski definition) is 5. The molecule has 2 amide bonds. The Hall–Kier alpha value is -1.93. The second kappa shape index (κ2) is 6.10. The standard InChI is InChI=1S/C17H21N3O4S/c21-16(12-4-2-1-3-5-12)18-13-10-15-17(22)20(14-6-7-14)25(23,24)9-8-19(15)11-13/h1-5,13-15H,6-11H2,(H,18,21)/t13-,15-/m0/s1. The molecule has 3 fully saturated rings. The minimum Gasteiger partial charge on any atom is -0.348 e. The lowest BCUT2D eigenvalue weighted by molar-refractivity contribution is -0.130. The average Bonchev–Trinajstić information content (AvgIpc) is 3.33. The number of rotatable bonds is 3. The van der Waals surface area contributed by atoms with E-state index >= 15 is 0 Å². The van der Waals surface area contributed by atoms with Gasteiger partial charge in [0.15, 0.2) is 0 Å². The molecule has 1 aliphatic carbocycles. The lowest BCUT2D eigenvalue weighted by atomic mass is 10.1. The predicted molar refractivity (Wildman–Crippen MR) is 91.3 cm³/mol. The van der Waals surface area contributed by atoms with Crippen LogP contribution < -0.4 is 5.32 Å². The van der Waals surface area contributed by atoms with E-state index in [2.05, 4.69) is 5.32 Å². The molecule has 1 aromatic rings. The van der Waals surface area contributed by atoms with E-state index in [0.717, 1.165) is 17.1 Å². The molecule has 25 heavy (non-hydrogen) atoms. The Labute approximate surface area is 147 Å². The van der Waals surface area contributed by atoms with Gasteiger partial charge in [0.25, 0.3) is 11.8 Å². The largest absolute Gasteiger partial charge is 0.348 e. The van der Waals surface area contributed by atoms with Crippen molar-refractivity contribution < 1.29 is 18.0 Å². The van der Waals surface area contributed by atoms with Gasteiger partial charge in [0, 0.05) is 30.7 Å². The van der Waals surface area contributed by atoms with E-state index < -0.39 is 16.1 Å². The summed E-state index contributed by atoms with van der Waals surface area (Å²) in [5, 5.41) is 2.97. The normalized spacial score (nSPS) is 29.1. The third-order valence-corrected chi connectivity index (χ3v) is 6.87. The number of amides is 2. The molecular weight excluding hydrogens is 342 g/mol. The molecule has 2 atom stereocenters. The van der Waals surface area contributed by atoms with Crippen molar-refractivity contribution in [3.63, 3.8) is 0 Å². The Morgan fingerprint density at radius 2 is 1.88 bits per heavy atom. The van der Waals surface area contributed by atoms with Crippen molar-refractivity contribution in [2.75, 3.05) is 18.8 Å². The van der Waals surface area contributed by atoms with Gasteiger partial charge in [-0.3, -0.25) is 14.5 Å². The van der Waals surface area contributed by atoms with Crippen molar-refractivity contribution in [2.24, 2.45) is 0 Å². The van der Waals surface area contributed by atoms with Gasteiger partial charge in [-0.2, -0.15) is 0 Å². The summed E-state index contributed by atoms with van der Waals surface area (Å²) >= 11 is 0. The Morgan fingerprint density at radius 1 is 1.16 bits per heavy atom. The highest BCUT2D eigenvalue weighted by atomic mass is 32.2. The van der Waals surface area contributed by atoms with Crippen LogP contribution in [0.25, 0.3) is 0 Å². The van der Waals surface area contributed by atoms with E-state index in [1.807, 2.05) is 11.0 Å². The molecule has 8 heteroatoms. The highest BCUT2D eigenvalue weighted by Crippen LogP contribution is 2.34. The van der Waals surface area contributed by atoms with Gasteiger partial charge in [-0.15, -0.1) is 0 Å². The van der Waals surface area contributed by atoms with Crippen LogP contribution in [0.5, 0.6) is 0 Å². The lowest BCUT2D eigenvalue weighted by Crippen LogP contribution is -2.45. The van der Waals surface area contributed by atoms with Gasteiger partial charge in [-0.25, -0.2) is 12.7 Å². The summed E-state index contributed by atoms with van der Waals surface area (Å²) in [7, 11) is -3.52. The number of nitrogens with zero attached hydrogens (tertiary/aromatic N) is 2. The maximum absolute atomic E-state index is 12.8. The Kier molecular flexibility index (Phi) is 4.04. The zero-order valence-electron chi connectivity index (χ0n) is 13.8. The second-order valence-electron chi connectivity index (χ2n) is 6.96. The maximum Gasteiger partial charge on any atom is 0.253 e. The molecule has 7 nitrogen and oxygen atoms in total. The fraction of sp³-hybridized carbons (Fsp3) is 0.529. The molecule has 2 saturated heterocycles. The topological polar surface area (TPSA) is 86.8 Å². The van der Waals surface area contributed by atoms with Crippen molar-refractivity contribution in [3.05, 3.63) is 35.9 Å². The van der Waals surface area contributed by atoms with Crippen molar-refractivity contribution in [3.8, 4) is 0 Å². The van der Waals surface area contributed by atoms with Crippen LogP contribution in [0.3, 0.4) is 0 Å². The zero-order valence-corrected chi connectivity index (χ0v) is 14.6. The monoisotopic (exact) mass is 363 g/mol. The number of sulfonamides is 1. The lowest BCUT2D eigenvalue weighted by Gasteiger charge is -2.23. The van der Waals surface area contributed by atoms with Crippen LogP contribution in [-0.4, -0.2) is 66.4 Å². The first-order chi connectivity index (χ1) is 12.0. The van der Waals surface area contributed by atoms with E-state index in [-0.39, 0.29) is 29.7 Å². The quantitative estimate of drug-likeness (QED) is 0.829. The van der Waals surface area contributed by atoms with Crippen LogP contribution in [-0.2, 0) is 14.8 Å². The molecular formula is C17H21N3O4S. The van der Waals surface area contributed by atoms with Crippen molar-refractivity contribution in [1.29, 1.82) is 0 Å². The highest BCUT2D eigenvalue weighted by Gasteiger charge is 2.49. The minimum atomic E-state index is -3.52. The van der Waals surface area contributed by atoms with E-state index in [1.54, 1.807) is 24.3 Å². The number of carbonyl (C=O) groups is 2. The SMILES string of the molecule is O=C(N[C@H]1C[C@H]2C(=O)N(C3CC3)S(=O)(=O)CCN2C1)c1ccccc1. The molecule has 2 heterocycles. The number of carbonyl (C=O) groups excluding carboxylic acids is 2. The molecule has 4 rings (SSSR count). The third kappa shape index (κ3) is 3.16. The summed E-state index contributed by atoms with van der Waals surface area (Å²) in [4.78, 5) is 27.0. The molecule has 2 aliphatic heterocycles. The van der Waals surface area contributed by atoms with Gasteiger partial charge in [0.1, 0.15) is 0 Å². The molecule has 0 aromatic heterocycles. The fourth-order valence-corrected chi connectivity index (χ4v) is 5.42. The van der Waals surface area contributed by atoms with Gasteiger partial charge in [0.05, 0.1) is 11.8 Å². The molecule has 0 radical (unpaired) electrons. The molecule has 1 N–H and O–H groups in total. The first-order valence-electron chi connectivity index (χ1n) is 8.61. The number of hydrogen-bond donors (Lipinski definition) is 1. The molecule has 0 bridgehead atoms. The van der Waals surface area contributed by atoms with E-state index in [4.69, 9.17) is 0 Å². The highest BCUT2D eigenvalue weighted by molar-refractivity contribution is 7.89. The average molecular weight is 363 g/mol.